The van der Waals surface area contributed by atoms with E-state index in [1.165, 1.54) is 22.2 Å². The van der Waals surface area contributed by atoms with Crippen LogP contribution in [-0.4, -0.2) is 15.5 Å². The molecule has 0 unspecified atom stereocenters. The average Bonchev–Trinajstić information content (AvgIpc) is 3.21. The molecule has 5 nitrogen and oxygen atoms in total. The van der Waals surface area contributed by atoms with E-state index >= 15 is 0 Å². The van der Waals surface area contributed by atoms with Crippen LogP contribution in [0.2, 0.25) is 0 Å². The van der Waals surface area contributed by atoms with E-state index in [2.05, 4.69) is 24.1 Å². The van der Waals surface area contributed by atoms with Gasteiger partial charge in [-0.1, -0.05) is 61.9 Å². The van der Waals surface area contributed by atoms with Gasteiger partial charge in [0.05, 0.1) is 11.7 Å². The van der Waals surface area contributed by atoms with E-state index in [0.29, 0.717) is 10.2 Å². The van der Waals surface area contributed by atoms with E-state index in [4.69, 9.17) is 0 Å². The molecule has 2 heterocycles. The zero-order valence-corrected chi connectivity index (χ0v) is 18.8. The molecule has 1 N–H and O–H groups in total. The first-order valence-corrected chi connectivity index (χ1v) is 11.3. The summed E-state index contributed by atoms with van der Waals surface area (Å²) in [6, 6.07) is 14.1. The van der Waals surface area contributed by atoms with Crippen molar-refractivity contribution < 1.29 is 4.79 Å². The Labute approximate surface area is 185 Å². The molecule has 6 heteroatoms. The van der Waals surface area contributed by atoms with Gasteiger partial charge in [0.1, 0.15) is 11.4 Å². The highest BCUT2D eigenvalue weighted by molar-refractivity contribution is 7.17. The Morgan fingerprint density at radius 2 is 1.74 bits per heavy atom. The number of rotatable bonds is 6. The normalized spacial score (nSPS) is 11.1. The van der Waals surface area contributed by atoms with E-state index in [1.807, 2.05) is 54.8 Å². The summed E-state index contributed by atoms with van der Waals surface area (Å²) in [5.74, 6) is -0.231. The first kappa shape index (κ1) is 21.0. The van der Waals surface area contributed by atoms with Crippen molar-refractivity contribution >= 4 is 33.1 Å². The van der Waals surface area contributed by atoms with Crippen LogP contribution in [0.5, 0.6) is 0 Å². The maximum Gasteiger partial charge on any atom is 0.263 e. The molecule has 0 fully saturated rings. The number of hydrogen-bond donors (Lipinski definition) is 1. The first-order valence-electron chi connectivity index (χ1n) is 10.5. The van der Waals surface area contributed by atoms with Crippen molar-refractivity contribution in [1.29, 1.82) is 0 Å². The number of hydrogen-bond acceptors (Lipinski definition) is 4. The predicted molar refractivity (Wildman–Crippen MR) is 128 cm³/mol. The van der Waals surface area contributed by atoms with Crippen LogP contribution in [0.3, 0.4) is 0 Å². The summed E-state index contributed by atoms with van der Waals surface area (Å²) in [4.78, 5) is 31.2. The van der Waals surface area contributed by atoms with Gasteiger partial charge in [0.25, 0.3) is 5.56 Å². The average molecular weight is 432 g/mol. The number of nitrogens with one attached hydrogen (secondary N) is 1. The number of aryl methyl sites for hydroxylation is 3. The summed E-state index contributed by atoms with van der Waals surface area (Å²) >= 11 is 1.44. The van der Waals surface area contributed by atoms with Crippen molar-refractivity contribution in [2.24, 2.45) is 0 Å². The van der Waals surface area contributed by atoms with E-state index in [1.54, 1.807) is 0 Å². The van der Waals surface area contributed by atoms with E-state index in [9.17, 15) is 9.59 Å². The summed E-state index contributed by atoms with van der Waals surface area (Å²) < 4.78 is 1.39. The van der Waals surface area contributed by atoms with Crippen LogP contribution in [0.1, 0.15) is 30.5 Å². The largest absolute Gasteiger partial charge is 0.324 e. The molecule has 31 heavy (non-hydrogen) atoms. The molecular formula is C25H25N3O2S. The standard InChI is InChI=1S/C25H25N3O2S/c1-4-17-7-6-8-18(5-2)23(17)27-21(29)13-28-15-26-24-22(25(28)30)20(14-31-24)19-11-9-16(3)10-12-19/h6-12,14-15H,4-5,13H2,1-3H3,(H,27,29). The van der Waals surface area contributed by atoms with Crippen LogP contribution < -0.4 is 10.9 Å². The fourth-order valence-electron chi connectivity index (χ4n) is 3.76. The van der Waals surface area contributed by atoms with Crippen molar-refractivity contribution in [3.8, 4) is 11.1 Å². The zero-order valence-electron chi connectivity index (χ0n) is 17.9. The van der Waals surface area contributed by atoms with Crippen molar-refractivity contribution in [2.75, 3.05) is 5.32 Å². The number of anilines is 1. The minimum absolute atomic E-state index is 0.0772. The Bertz CT molecular complexity index is 1280. The molecule has 4 rings (SSSR count). The first-order chi connectivity index (χ1) is 15.0. The second-order valence-electron chi connectivity index (χ2n) is 7.58. The lowest BCUT2D eigenvalue weighted by molar-refractivity contribution is -0.116. The van der Waals surface area contributed by atoms with Gasteiger partial charge >= 0.3 is 0 Å². The number of aromatic nitrogens is 2. The second kappa shape index (κ2) is 8.86. The minimum atomic E-state index is -0.231. The van der Waals surface area contributed by atoms with Gasteiger partial charge in [-0.15, -0.1) is 11.3 Å². The van der Waals surface area contributed by atoms with Gasteiger partial charge in [-0.3, -0.25) is 14.2 Å². The third kappa shape index (κ3) is 4.16. The van der Waals surface area contributed by atoms with Crippen LogP contribution in [0.15, 0.2) is 59.0 Å². The molecule has 4 aromatic rings. The summed E-state index contributed by atoms with van der Waals surface area (Å²) in [6.07, 6.45) is 3.11. The molecule has 0 radical (unpaired) electrons. The minimum Gasteiger partial charge on any atom is -0.324 e. The third-order valence-corrected chi connectivity index (χ3v) is 6.39. The molecule has 0 bridgehead atoms. The van der Waals surface area contributed by atoms with Gasteiger partial charge in [0, 0.05) is 16.6 Å². The molecule has 0 spiro atoms. The van der Waals surface area contributed by atoms with Gasteiger partial charge in [-0.25, -0.2) is 4.98 Å². The molecule has 0 aliphatic rings. The number of fused-ring (bicyclic) bond motifs is 1. The van der Waals surface area contributed by atoms with Crippen LogP contribution in [0.25, 0.3) is 21.3 Å². The van der Waals surface area contributed by atoms with Gasteiger partial charge in [0.15, 0.2) is 0 Å². The van der Waals surface area contributed by atoms with Gasteiger partial charge in [-0.05, 0) is 36.5 Å². The molecule has 158 valence electrons. The fraction of sp³-hybridized carbons (Fsp3) is 0.240. The number of amides is 1. The van der Waals surface area contributed by atoms with Crippen molar-refractivity contribution in [3.63, 3.8) is 0 Å². The highest BCUT2D eigenvalue weighted by Gasteiger charge is 2.16. The topological polar surface area (TPSA) is 64.0 Å². The summed E-state index contributed by atoms with van der Waals surface area (Å²) in [6.45, 7) is 6.08. The fourth-order valence-corrected chi connectivity index (χ4v) is 4.67. The highest BCUT2D eigenvalue weighted by Crippen LogP contribution is 2.30. The number of carbonyl (C=O) groups excluding carboxylic acids is 1. The number of nitrogens with zero attached hydrogens (tertiary/aromatic N) is 2. The molecule has 0 saturated heterocycles. The molecule has 2 aromatic carbocycles. The SMILES string of the molecule is CCc1cccc(CC)c1NC(=O)Cn1cnc2scc(-c3ccc(C)cc3)c2c1=O. The lowest BCUT2D eigenvalue weighted by Crippen LogP contribution is -2.28. The van der Waals surface area contributed by atoms with Crippen molar-refractivity contribution in [2.45, 2.75) is 40.2 Å². The van der Waals surface area contributed by atoms with Crippen molar-refractivity contribution in [3.05, 3.63) is 81.2 Å². The monoisotopic (exact) mass is 431 g/mol. The molecular weight excluding hydrogens is 406 g/mol. The van der Waals surface area contributed by atoms with Gasteiger partial charge in [0.2, 0.25) is 5.91 Å². The molecule has 0 saturated carbocycles. The predicted octanol–water partition coefficient (Wildman–Crippen LogP) is 5.20. The van der Waals surface area contributed by atoms with Crippen LogP contribution >= 0.6 is 11.3 Å². The maximum absolute atomic E-state index is 13.2. The maximum atomic E-state index is 13.2. The van der Waals surface area contributed by atoms with Crippen LogP contribution in [-0.2, 0) is 24.2 Å². The zero-order chi connectivity index (χ0) is 22.0. The summed E-state index contributed by atoms with van der Waals surface area (Å²) in [7, 11) is 0. The molecule has 2 aromatic heterocycles. The Hall–Kier alpha value is -3.25. The summed E-state index contributed by atoms with van der Waals surface area (Å²) in [5.41, 5.74) is 5.83. The Kier molecular flexibility index (Phi) is 6.00. The molecule has 0 aliphatic heterocycles. The van der Waals surface area contributed by atoms with Gasteiger partial charge < -0.3 is 5.32 Å². The summed E-state index contributed by atoms with van der Waals surface area (Å²) in [5, 5.41) is 5.55. The number of thiophene rings is 1. The molecule has 0 aliphatic carbocycles. The quantitative estimate of drug-likeness (QED) is 0.457. The lowest BCUT2D eigenvalue weighted by Gasteiger charge is -2.15. The Balaban J connectivity index is 1.66. The van der Waals surface area contributed by atoms with E-state index < -0.39 is 0 Å². The molecule has 1 amide bonds. The highest BCUT2D eigenvalue weighted by atomic mass is 32.1. The number of carbonyl (C=O) groups is 1. The molecule has 0 atom stereocenters. The Morgan fingerprint density at radius 3 is 2.39 bits per heavy atom. The number of para-hydroxylation sites is 1. The Morgan fingerprint density at radius 1 is 1.06 bits per heavy atom. The lowest BCUT2D eigenvalue weighted by atomic mass is 10.0. The third-order valence-electron chi connectivity index (χ3n) is 5.50. The smallest absolute Gasteiger partial charge is 0.263 e. The second-order valence-corrected chi connectivity index (χ2v) is 8.44. The van der Waals surface area contributed by atoms with Crippen molar-refractivity contribution in [1.82, 2.24) is 9.55 Å². The van der Waals surface area contributed by atoms with Gasteiger partial charge in [-0.2, -0.15) is 0 Å². The number of benzene rings is 2. The van der Waals surface area contributed by atoms with E-state index in [-0.39, 0.29) is 18.0 Å². The van der Waals surface area contributed by atoms with E-state index in [0.717, 1.165) is 46.3 Å². The van der Waals surface area contributed by atoms with Crippen LogP contribution in [0.4, 0.5) is 5.69 Å². The van der Waals surface area contributed by atoms with Crippen LogP contribution in [0, 0.1) is 6.92 Å².